The molecule has 5 rings (SSSR count). The highest BCUT2D eigenvalue weighted by Crippen LogP contribution is 2.50. The van der Waals surface area contributed by atoms with Gasteiger partial charge in [0.05, 0.1) is 13.3 Å². The summed E-state index contributed by atoms with van der Waals surface area (Å²) in [5.74, 6) is 0.635. The Morgan fingerprint density at radius 2 is 1.71 bits per heavy atom. The van der Waals surface area contributed by atoms with Crippen molar-refractivity contribution >= 4 is 8.07 Å². The maximum absolute atomic E-state index is 11.8. The van der Waals surface area contributed by atoms with Gasteiger partial charge in [-0.3, -0.25) is 0 Å². The van der Waals surface area contributed by atoms with Gasteiger partial charge in [-0.2, -0.15) is 0 Å². The Kier molecular flexibility index (Phi) is 5.30. The molecule has 2 atom stereocenters. The van der Waals surface area contributed by atoms with Crippen LogP contribution >= 0.6 is 0 Å². The summed E-state index contributed by atoms with van der Waals surface area (Å²) in [5.41, 5.74) is 10.4. The van der Waals surface area contributed by atoms with Crippen LogP contribution in [0.2, 0.25) is 19.6 Å². The molecule has 0 aromatic heterocycles. The van der Waals surface area contributed by atoms with E-state index in [0.717, 1.165) is 19.3 Å². The summed E-state index contributed by atoms with van der Waals surface area (Å²) in [6, 6.07) is 11.5. The van der Waals surface area contributed by atoms with Crippen LogP contribution in [0.5, 0.6) is 0 Å². The van der Waals surface area contributed by atoms with Crippen molar-refractivity contribution in [2.45, 2.75) is 88.1 Å². The maximum Gasteiger partial charge on any atom is 0.0832 e. The second-order valence-corrected chi connectivity index (χ2v) is 16.5. The summed E-state index contributed by atoms with van der Waals surface area (Å²) in [7, 11) is -1.91. The van der Waals surface area contributed by atoms with Crippen LogP contribution in [0.15, 0.2) is 42.5 Å². The minimum absolute atomic E-state index is 0.0160. The van der Waals surface area contributed by atoms with Crippen molar-refractivity contribution in [3.8, 4) is 11.1 Å². The molecule has 0 heterocycles. The SMILES string of the molecule is [CH2]C(O)(C1C=CCc2c3c(cc(C4CCCCC4)c21)-c1ccccc1CC3)[Si](C)(C)C. The standard InChI is InChI=1S/C29H37OSi/c1-29(30,31(2,3)4)27-16-10-15-24-23-18-17-21-13-8-9-14-22(21)26(23)19-25(28(24)27)20-11-6-5-7-12-20/h8-10,13-14,16,19-20,27,30H,1,5-7,11-12,15,17-18H2,2-4H3. The van der Waals surface area contributed by atoms with Crippen LogP contribution in [0.3, 0.4) is 0 Å². The lowest BCUT2D eigenvalue weighted by Crippen LogP contribution is -2.54. The van der Waals surface area contributed by atoms with Gasteiger partial charge in [0.1, 0.15) is 0 Å². The molecule has 31 heavy (non-hydrogen) atoms. The van der Waals surface area contributed by atoms with Gasteiger partial charge in [-0.05, 0) is 83.9 Å². The van der Waals surface area contributed by atoms with Crippen molar-refractivity contribution in [3.05, 3.63) is 77.2 Å². The number of fused-ring (bicyclic) bond motifs is 5. The molecule has 163 valence electrons. The van der Waals surface area contributed by atoms with Crippen molar-refractivity contribution in [3.63, 3.8) is 0 Å². The summed E-state index contributed by atoms with van der Waals surface area (Å²) in [6.07, 6.45) is 14.4. The van der Waals surface area contributed by atoms with E-state index in [2.05, 4.69) is 69.0 Å². The molecule has 2 heteroatoms. The van der Waals surface area contributed by atoms with E-state index in [1.807, 2.05) is 0 Å². The molecule has 2 aromatic carbocycles. The van der Waals surface area contributed by atoms with Gasteiger partial charge in [-0.25, -0.2) is 0 Å². The van der Waals surface area contributed by atoms with E-state index in [9.17, 15) is 5.11 Å². The van der Waals surface area contributed by atoms with E-state index in [-0.39, 0.29) is 5.92 Å². The summed E-state index contributed by atoms with van der Waals surface area (Å²) < 4.78 is 0. The third-order valence-corrected chi connectivity index (χ3v) is 11.3. The first-order valence-electron chi connectivity index (χ1n) is 12.3. The number of aliphatic hydroxyl groups is 1. The van der Waals surface area contributed by atoms with E-state index < -0.39 is 13.3 Å². The molecule has 1 fully saturated rings. The van der Waals surface area contributed by atoms with Crippen LogP contribution in [-0.2, 0) is 19.3 Å². The van der Waals surface area contributed by atoms with Crippen molar-refractivity contribution in [2.75, 3.05) is 0 Å². The van der Waals surface area contributed by atoms with Crippen molar-refractivity contribution in [2.24, 2.45) is 0 Å². The Labute approximate surface area is 189 Å². The molecular formula is C29H37OSi. The van der Waals surface area contributed by atoms with Crippen molar-refractivity contribution in [1.29, 1.82) is 0 Å². The Morgan fingerprint density at radius 1 is 0.968 bits per heavy atom. The molecule has 3 aliphatic carbocycles. The minimum atomic E-state index is -1.91. The zero-order valence-corrected chi connectivity index (χ0v) is 20.5. The minimum Gasteiger partial charge on any atom is -0.392 e. The van der Waals surface area contributed by atoms with E-state index >= 15 is 0 Å². The van der Waals surface area contributed by atoms with E-state index in [1.54, 1.807) is 0 Å². The molecule has 1 saturated carbocycles. The number of benzene rings is 2. The Hall–Kier alpha value is -1.64. The molecular weight excluding hydrogens is 392 g/mol. The Bertz CT molecular complexity index is 1020. The molecule has 1 N–H and O–H groups in total. The monoisotopic (exact) mass is 429 g/mol. The number of aryl methyl sites for hydroxylation is 1. The van der Waals surface area contributed by atoms with Crippen LogP contribution in [0.25, 0.3) is 11.1 Å². The van der Waals surface area contributed by atoms with Gasteiger partial charge in [0.25, 0.3) is 0 Å². The molecule has 2 aromatic rings. The number of hydrogen-bond acceptors (Lipinski definition) is 1. The summed E-state index contributed by atoms with van der Waals surface area (Å²) in [4.78, 5) is 0. The largest absolute Gasteiger partial charge is 0.392 e. The molecule has 0 bridgehead atoms. The molecule has 0 spiro atoms. The fraction of sp³-hybridized carbons (Fsp3) is 0.483. The van der Waals surface area contributed by atoms with E-state index in [1.165, 1.54) is 71.0 Å². The fourth-order valence-corrected chi connectivity index (χ4v) is 7.41. The fourth-order valence-electron chi connectivity index (χ4n) is 6.24. The number of hydrogen-bond donors (Lipinski definition) is 1. The molecule has 0 aliphatic heterocycles. The van der Waals surface area contributed by atoms with Gasteiger partial charge in [-0.15, -0.1) is 0 Å². The molecule has 1 nitrogen and oxygen atoms in total. The predicted molar refractivity (Wildman–Crippen MR) is 134 cm³/mol. The average Bonchev–Trinajstić information content (AvgIpc) is 2.77. The third-order valence-electron chi connectivity index (χ3n) is 8.40. The number of rotatable bonds is 3. The molecule has 0 amide bonds. The molecule has 2 unspecified atom stereocenters. The van der Waals surface area contributed by atoms with Crippen LogP contribution in [0, 0.1) is 6.92 Å². The van der Waals surface area contributed by atoms with Crippen molar-refractivity contribution in [1.82, 2.24) is 0 Å². The Balaban J connectivity index is 1.76. The molecule has 0 saturated heterocycles. The number of allylic oxidation sites excluding steroid dienone is 1. The lowest BCUT2D eigenvalue weighted by atomic mass is 9.70. The zero-order chi connectivity index (χ0) is 21.8. The highest BCUT2D eigenvalue weighted by molar-refractivity contribution is 6.79. The van der Waals surface area contributed by atoms with Crippen LogP contribution < -0.4 is 0 Å². The van der Waals surface area contributed by atoms with Gasteiger partial charge in [-0.1, -0.05) is 81.4 Å². The topological polar surface area (TPSA) is 20.2 Å². The van der Waals surface area contributed by atoms with E-state index in [0.29, 0.717) is 5.92 Å². The second-order valence-electron chi connectivity index (χ2n) is 11.2. The first kappa shape index (κ1) is 21.2. The maximum atomic E-state index is 11.8. The van der Waals surface area contributed by atoms with E-state index in [4.69, 9.17) is 0 Å². The van der Waals surface area contributed by atoms with Gasteiger partial charge >= 0.3 is 0 Å². The quantitative estimate of drug-likeness (QED) is 0.406. The first-order chi connectivity index (χ1) is 14.8. The van der Waals surface area contributed by atoms with Gasteiger partial charge < -0.3 is 5.11 Å². The lowest BCUT2D eigenvalue weighted by Gasteiger charge is -2.45. The summed E-state index contributed by atoms with van der Waals surface area (Å²) in [6.45, 7) is 11.2. The Morgan fingerprint density at radius 3 is 2.45 bits per heavy atom. The zero-order valence-electron chi connectivity index (χ0n) is 19.5. The molecule has 3 aliphatic rings. The smallest absolute Gasteiger partial charge is 0.0832 e. The highest BCUT2D eigenvalue weighted by atomic mass is 28.3. The van der Waals surface area contributed by atoms with Gasteiger partial charge in [0, 0.05) is 5.92 Å². The van der Waals surface area contributed by atoms with Gasteiger partial charge in [0.2, 0.25) is 0 Å². The summed E-state index contributed by atoms with van der Waals surface area (Å²) >= 11 is 0. The second kappa shape index (κ2) is 7.74. The predicted octanol–water partition coefficient (Wildman–Crippen LogP) is 7.14. The average molecular weight is 430 g/mol. The van der Waals surface area contributed by atoms with Crippen molar-refractivity contribution < 1.29 is 5.11 Å². The highest BCUT2D eigenvalue weighted by Gasteiger charge is 2.46. The first-order valence-corrected chi connectivity index (χ1v) is 15.8. The molecule has 1 radical (unpaired) electrons. The van der Waals surface area contributed by atoms with Crippen LogP contribution in [0.1, 0.15) is 71.8 Å². The van der Waals surface area contributed by atoms with Crippen LogP contribution in [-0.4, -0.2) is 18.4 Å². The third kappa shape index (κ3) is 3.47. The normalized spacial score (nSPS) is 22.9. The van der Waals surface area contributed by atoms with Gasteiger partial charge in [0.15, 0.2) is 0 Å². The summed E-state index contributed by atoms with van der Waals surface area (Å²) in [5, 5.41) is 10.9. The van der Waals surface area contributed by atoms with Crippen LogP contribution in [0.4, 0.5) is 0 Å². The lowest BCUT2D eigenvalue weighted by molar-refractivity contribution is 0.145.